The van der Waals surface area contributed by atoms with E-state index < -0.39 is 35.8 Å². The molecule has 1 aliphatic rings. The van der Waals surface area contributed by atoms with E-state index in [4.69, 9.17) is 24.5 Å². The second-order valence-electron chi connectivity index (χ2n) is 7.02. The van der Waals surface area contributed by atoms with E-state index in [2.05, 4.69) is 10.0 Å². The molecule has 1 aliphatic heterocycles. The van der Waals surface area contributed by atoms with Crippen LogP contribution in [0.2, 0.25) is 0 Å². The molecule has 170 valence electrons. The standard InChI is InChI=1S/C22H25N3O6S/c1-28-16-10-8-14(9-11-16)13-29-19-17(12-26)30-22(32-2)18(24-25-23)20(19)31-21(27)15-6-4-3-5-7-15/h3-11,17-20,22,26H,12-13H2,1-2H3/t17?,18?,19-,20+,22-/m0/s1. The first-order valence-corrected chi connectivity index (χ1v) is 11.2. The van der Waals surface area contributed by atoms with Crippen molar-refractivity contribution >= 4 is 17.7 Å². The van der Waals surface area contributed by atoms with E-state index in [0.717, 1.165) is 5.56 Å². The molecule has 1 N–H and O–H groups in total. The van der Waals surface area contributed by atoms with Gasteiger partial charge in [0.2, 0.25) is 0 Å². The molecule has 2 aromatic carbocycles. The zero-order chi connectivity index (χ0) is 22.9. The van der Waals surface area contributed by atoms with E-state index in [0.29, 0.717) is 11.3 Å². The molecule has 1 saturated heterocycles. The lowest BCUT2D eigenvalue weighted by atomic mass is 9.97. The van der Waals surface area contributed by atoms with Crippen LogP contribution in [0.4, 0.5) is 0 Å². The summed E-state index contributed by atoms with van der Waals surface area (Å²) in [5.74, 6) is 0.133. The maximum absolute atomic E-state index is 12.8. The highest BCUT2D eigenvalue weighted by Gasteiger charge is 2.48. The highest BCUT2D eigenvalue weighted by Crippen LogP contribution is 2.33. The fourth-order valence-electron chi connectivity index (χ4n) is 3.43. The number of ether oxygens (including phenoxy) is 4. The van der Waals surface area contributed by atoms with Gasteiger partial charge >= 0.3 is 5.97 Å². The number of nitrogens with zero attached hydrogens (tertiary/aromatic N) is 3. The van der Waals surface area contributed by atoms with Crippen molar-refractivity contribution in [3.63, 3.8) is 0 Å². The summed E-state index contributed by atoms with van der Waals surface area (Å²) < 4.78 is 22.9. The Labute approximate surface area is 190 Å². The highest BCUT2D eigenvalue weighted by atomic mass is 32.2. The van der Waals surface area contributed by atoms with Gasteiger partial charge in [0.1, 0.15) is 35.5 Å². The molecule has 10 heteroatoms. The number of carbonyl (C=O) groups is 1. The van der Waals surface area contributed by atoms with Gasteiger partial charge in [0.25, 0.3) is 0 Å². The lowest BCUT2D eigenvalue weighted by Gasteiger charge is -2.43. The van der Waals surface area contributed by atoms with Gasteiger partial charge in [0.05, 0.1) is 25.9 Å². The Morgan fingerprint density at radius 3 is 2.50 bits per heavy atom. The van der Waals surface area contributed by atoms with E-state index in [-0.39, 0.29) is 13.2 Å². The first-order valence-electron chi connectivity index (χ1n) is 9.95. The first-order chi connectivity index (χ1) is 15.6. The topological polar surface area (TPSA) is 123 Å². The zero-order valence-electron chi connectivity index (χ0n) is 17.7. The molecule has 0 bridgehead atoms. The maximum Gasteiger partial charge on any atom is 0.338 e. The summed E-state index contributed by atoms with van der Waals surface area (Å²) in [5, 5.41) is 13.8. The van der Waals surface area contributed by atoms with Crippen LogP contribution in [-0.2, 0) is 20.8 Å². The van der Waals surface area contributed by atoms with E-state index in [1.54, 1.807) is 55.8 Å². The van der Waals surface area contributed by atoms with E-state index in [1.165, 1.54) is 11.8 Å². The second kappa shape index (κ2) is 11.8. The number of aliphatic hydroxyl groups is 1. The van der Waals surface area contributed by atoms with Crippen LogP contribution in [0.3, 0.4) is 0 Å². The van der Waals surface area contributed by atoms with Crippen LogP contribution in [-0.4, -0.2) is 60.8 Å². The number of rotatable bonds is 9. The van der Waals surface area contributed by atoms with Gasteiger partial charge in [-0.2, -0.15) is 0 Å². The molecule has 9 nitrogen and oxygen atoms in total. The number of thioether (sulfide) groups is 1. The SMILES string of the molecule is COc1ccc(CO[C@H]2C(CO)O[C@@H](SC)C(N=[N+]=[N-])[C@H]2OC(=O)c2ccccc2)cc1. The van der Waals surface area contributed by atoms with Crippen LogP contribution in [0.1, 0.15) is 15.9 Å². The number of hydrogen-bond donors (Lipinski definition) is 1. The summed E-state index contributed by atoms with van der Waals surface area (Å²) in [4.78, 5) is 15.7. The van der Waals surface area contributed by atoms with Crippen LogP contribution in [0.15, 0.2) is 59.7 Å². The number of azide groups is 1. The largest absolute Gasteiger partial charge is 0.497 e. The fraction of sp³-hybridized carbons (Fsp3) is 0.409. The molecule has 32 heavy (non-hydrogen) atoms. The van der Waals surface area contributed by atoms with Gasteiger partial charge in [-0.15, -0.1) is 11.8 Å². The Morgan fingerprint density at radius 2 is 1.91 bits per heavy atom. The minimum atomic E-state index is -0.958. The molecule has 3 rings (SSSR count). The van der Waals surface area contributed by atoms with E-state index in [1.807, 2.05) is 12.1 Å². The first kappa shape index (κ1) is 23.9. The van der Waals surface area contributed by atoms with Crippen molar-refractivity contribution in [1.82, 2.24) is 0 Å². The predicted octanol–water partition coefficient (Wildman–Crippen LogP) is 3.57. The van der Waals surface area contributed by atoms with Gasteiger partial charge < -0.3 is 24.1 Å². The lowest BCUT2D eigenvalue weighted by Crippen LogP contribution is -2.59. The van der Waals surface area contributed by atoms with Crippen molar-refractivity contribution in [1.29, 1.82) is 0 Å². The highest BCUT2D eigenvalue weighted by molar-refractivity contribution is 7.99. The normalized spacial score (nSPS) is 24.9. The minimum Gasteiger partial charge on any atom is -0.497 e. The second-order valence-corrected chi connectivity index (χ2v) is 7.95. The zero-order valence-corrected chi connectivity index (χ0v) is 18.6. The molecule has 0 saturated carbocycles. The minimum absolute atomic E-state index is 0.167. The van der Waals surface area contributed by atoms with Crippen molar-refractivity contribution in [2.45, 2.75) is 36.4 Å². The van der Waals surface area contributed by atoms with Crippen LogP contribution < -0.4 is 4.74 Å². The Kier molecular flexibility index (Phi) is 8.78. The maximum atomic E-state index is 12.8. The van der Waals surface area contributed by atoms with E-state index in [9.17, 15) is 9.90 Å². The molecule has 5 atom stereocenters. The summed E-state index contributed by atoms with van der Waals surface area (Å²) >= 11 is 1.30. The molecule has 0 aliphatic carbocycles. The quantitative estimate of drug-likeness (QED) is 0.263. The van der Waals surface area contributed by atoms with Crippen LogP contribution in [0, 0.1) is 0 Å². The molecule has 0 amide bonds. The molecule has 0 spiro atoms. The summed E-state index contributed by atoms with van der Waals surface area (Å²) in [7, 11) is 1.58. The summed E-state index contributed by atoms with van der Waals surface area (Å²) in [6.07, 6.45) is -0.800. The van der Waals surface area contributed by atoms with Gasteiger partial charge in [-0.1, -0.05) is 35.4 Å². The van der Waals surface area contributed by atoms with Crippen LogP contribution >= 0.6 is 11.8 Å². The Morgan fingerprint density at radius 1 is 1.19 bits per heavy atom. The number of methoxy groups -OCH3 is 1. The molecule has 1 fully saturated rings. The average molecular weight is 460 g/mol. The molecular formula is C22H25N3O6S. The van der Waals surface area contributed by atoms with Crippen molar-refractivity contribution in [3.8, 4) is 5.75 Å². The Balaban J connectivity index is 1.87. The molecule has 0 radical (unpaired) electrons. The molecular weight excluding hydrogens is 434 g/mol. The number of benzene rings is 2. The van der Waals surface area contributed by atoms with Gasteiger partial charge in [0, 0.05) is 4.91 Å². The summed E-state index contributed by atoms with van der Waals surface area (Å²) in [6.45, 7) is -0.187. The molecule has 0 aromatic heterocycles. The monoisotopic (exact) mass is 459 g/mol. The smallest absolute Gasteiger partial charge is 0.338 e. The van der Waals surface area contributed by atoms with Crippen LogP contribution in [0.25, 0.3) is 10.4 Å². The fourth-order valence-corrected chi connectivity index (χ4v) is 4.17. The Bertz CT molecular complexity index is 923. The van der Waals surface area contributed by atoms with Gasteiger partial charge in [-0.05, 0) is 41.6 Å². The third-order valence-corrected chi connectivity index (χ3v) is 5.92. The average Bonchev–Trinajstić information content (AvgIpc) is 2.84. The van der Waals surface area contributed by atoms with E-state index >= 15 is 0 Å². The van der Waals surface area contributed by atoms with Gasteiger partial charge in [-0.3, -0.25) is 0 Å². The number of carbonyl (C=O) groups excluding carboxylic acids is 1. The van der Waals surface area contributed by atoms with Crippen molar-refractivity contribution in [3.05, 3.63) is 76.2 Å². The van der Waals surface area contributed by atoms with Crippen LogP contribution in [0.5, 0.6) is 5.75 Å². The molecule has 1 heterocycles. The van der Waals surface area contributed by atoms with Gasteiger partial charge in [-0.25, -0.2) is 4.79 Å². The summed E-state index contributed by atoms with van der Waals surface area (Å²) in [5.41, 5.74) is 9.71. The lowest BCUT2D eigenvalue weighted by molar-refractivity contribution is -0.190. The number of aliphatic hydroxyl groups excluding tert-OH is 1. The third kappa shape index (κ3) is 5.73. The number of hydrogen-bond acceptors (Lipinski definition) is 8. The Hall–Kier alpha value is -2.75. The van der Waals surface area contributed by atoms with Gasteiger partial charge in [0.15, 0.2) is 0 Å². The van der Waals surface area contributed by atoms with Crippen molar-refractivity contribution < 1.29 is 28.8 Å². The number of esters is 1. The predicted molar refractivity (Wildman–Crippen MR) is 119 cm³/mol. The molecule has 2 aromatic rings. The molecule has 2 unspecified atom stereocenters. The third-order valence-electron chi connectivity index (χ3n) is 5.07. The van der Waals surface area contributed by atoms with Crippen molar-refractivity contribution in [2.24, 2.45) is 5.11 Å². The van der Waals surface area contributed by atoms with Crippen molar-refractivity contribution in [2.75, 3.05) is 20.0 Å². The summed E-state index contributed by atoms with van der Waals surface area (Å²) in [6, 6.07) is 15.0.